The second kappa shape index (κ2) is 7.76. The van der Waals surface area contributed by atoms with Gasteiger partial charge in [0.2, 0.25) is 5.91 Å². The van der Waals surface area contributed by atoms with Gasteiger partial charge in [-0.1, -0.05) is 41.4 Å². The summed E-state index contributed by atoms with van der Waals surface area (Å²) in [6.07, 6.45) is 2.95. The molecule has 0 unspecified atom stereocenters. The number of anilines is 1. The topological polar surface area (TPSA) is 49.6 Å². The van der Waals surface area contributed by atoms with Gasteiger partial charge in [-0.15, -0.1) is 0 Å². The number of piperidine rings is 1. The van der Waals surface area contributed by atoms with E-state index in [1.165, 1.54) is 11.3 Å². The zero-order valence-corrected chi connectivity index (χ0v) is 17.2. The van der Waals surface area contributed by atoms with E-state index >= 15 is 0 Å². The molecule has 2 heterocycles. The molecule has 0 atom stereocenters. The van der Waals surface area contributed by atoms with Gasteiger partial charge in [0, 0.05) is 42.9 Å². The third-order valence-corrected chi connectivity index (χ3v) is 6.62. The monoisotopic (exact) mass is 397 g/mol. The first-order valence-corrected chi connectivity index (χ1v) is 10.4. The molecule has 2 aliphatic rings. The van der Waals surface area contributed by atoms with Gasteiger partial charge in [0.25, 0.3) is 0 Å². The highest BCUT2D eigenvalue weighted by Gasteiger charge is 2.50. The highest BCUT2D eigenvalue weighted by atomic mass is 35.5. The molecule has 148 valence electrons. The minimum atomic E-state index is -0.443. The van der Waals surface area contributed by atoms with Gasteiger partial charge < -0.3 is 10.6 Å². The lowest BCUT2D eigenvalue weighted by Gasteiger charge is -2.53. The number of hydrogen-bond acceptors (Lipinski definition) is 3. The standard InChI is InChI=1S/C23H28ClN3O/c1-17-2-8-20(9-3-17)26-12-10-21(11-13-26)27-15-23(16-27,22(25)28)14-18-4-6-19(24)7-5-18/h2-9,21H,10-16H2,1H3,(H2,25,28). The van der Waals surface area contributed by atoms with Crippen molar-refractivity contribution in [3.8, 4) is 0 Å². The van der Waals surface area contributed by atoms with Crippen LogP contribution >= 0.6 is 11.6 Å². The average Bonchev–Trinajstić information content (AvgIpc) is 2.66. The summed E-state index contributed by atoms with van der Waals surface area (Å²) >= 11 is 5.98. The van der Waals surface area contributed by atoms with E-state index in [0.717, 1.165) is 44.6 Å². The summed E-state index contributed by atoms with van der Waals surface area (Å²) in [7, 11) is 0. The Kier molecular flexibility index (Phi) is 5.35. The number of rotatable bonds is 5. The van der Waals surface area contributed by atoms with Gasteiger partial charge in [0.05, 0.1) is 5.41 Å². The van der Waals surface area contributed by atoms with Crippen LogP contribution in [0.5, 0.6) is 0 Å². The predicted octanol–water partition coefficient (Wildman–Crippen LogP) is 3.65. The minimum absolute atomic E-state index is 0.184. The molecular formula is C23H28ClN3O. The number of halogens is 1. The maximum Gasteiger partial charge on any atom is 0.226 e. The summed E-state index contributed by atoms with van der Waals surface area (Å²) < 4.78 is 0. The van der Waals surface area contributed by atoms with Crippen LogP contribution in [0, 0.1) is 12.3 Å². The van der Waals surface area contributed by atoms with Crippen molar-refractivity contribution in [1.29, 1.82) is 0 Å². The lowest BCUT2D eigenvalue weighted by atomic mass is 9.72. The van der Waals surface area contributed by atoms with E-state index in [0.29, 0.717) is 17.5 Å². The Morgan fingerprint density at radius 3 is 2.25 bits per heavy atom. The van der Waals surface area contributed by atoms with Gasteiger partial charge in [0.15, 0.2) is 0 Å². The van der Waals surface area contributed by atoms with E-state index in [2.05, 4.69) is 41.0 Å². The molecule has 28 heavy (non-hydrogen) atoms. The van der Waals surface area contributed by atoms with Crippen LogP contribution in [-0.2, 0) is 11.2 Å². The molecule has 2 aliphatic heterocycles. The molecule has 2 N–H and O–H groups in total. The number of nitrogens with zero attached hydrogens (tertiary/aromatic N) is 2. The van der Waals surface area contributed by atoms with Crippen molar-refractivity contribution in [1.82, 2.24) is 4.90 Å². The van der Waals surface area contributed by atoms with Crippen molar-refractivity contribution in [2.24, 2.45) is 11.1 Å². The molecule has 2 aromatic carbocycles. The summed E-state index contributed by atoms with van der Waals surface area (Å²) in [6, 6.07) is 17.1. The van der Waals surface area contributed by atoms with Crippen molar-refractivity contribution >= 4 is 23.2 Å². The Bertz CT molecular complexity index is 820. The number of nitrogens with two attached hydrogens (primary N) is 1. The van der Waals surface area contributed by atoms with Gasteiger partial charge in [-0.3, -0.25) is 9.69 Å². The molecule has 0 spiro atoms. The number of carbonyl (C=O) groups excluding carboxylic acids is 1. The lowest BCUT2D eigenvalue weighted by Crippen LogP contribution is -2.66. The summed E-state index contributed by atoms with van der Waals surface area (Å²) in [5.41, 5.74) is 9.09. The maximum atomic E-state index is 12.2. The Morgan fingerprint density at radius 1 is 1.07 bits per heavy atom. The zero-order valence-electron chi connectivity index (χ0n) is 16.4. The molecule has 2 saturated heterocycles. The van der Waals surface area contributed by atoms with Crippen LogP contribution in [0.25, 0.3) is 0 Å². The lowest BCUT2D eigenvalue weighted by molar-refractivity contribution is -0.141. The molecule has 0 radical (unpaired) electrons. The van der Waals surface area contributed by atoms with Gasteiger partial charge in [-0.25, -0.2) is 0 Å². The fourth-order valence-corrected chi connectivity index (χ4v) is 4.71. The molecule has 1 amide bonds. The van der Waals surface area contributed by atoms with Crippen LogP contribution < -0.4 is 10.6 Å². The van der Waals surface area contributed by atoms with Crippen LogP contribution in [-0.4, -0.2) is 43.0 Å². The van der Waals surface area contributed by atoms with Crippen molar-refractivity contribution in [2.45, 2.75) is 32.2 Å². The largest absolute Gasteiger partial charge is 0.371 e. The Hall–Kier alpha value is -2.04. The van der Waals surface area contributed by atoms with E-state index in [4.69, 9.17) is 17.3 Å². The Labute approximate surface area is 172 Å². The number of hydrogen-bond donors (Lipinski definition) is 1. The van der Waals surface area contributed by atoms with Crippen LogP contribution in [0.3, 0.4) is 0 Å². The number of likely N-dealkylation sites (tertiary alicyclic amines) is 1. The zero-order chi connectivity index (χ0) is 19.7. The van der Waals surface area contributed by atoms with Crippen molar-refractivity contribution < 1.29 is 4.79 Å². The van der Waals surface area contributed by atoms with E-state index < -0.39 is 5.41 Å². The molecule has 0 saturated carbocycles. The molecule has 5 heteroatoms. The van der Waals surface area contributed by atoms with Crippen LogP contribution in [0.1, 0.15) is 24.0 Å². The highest BCUT2D eigenvalue weighted by molar-refractivity contribution is 6.30. The van der Waals surface area contributed by atoms with Crippen molar-refractivity contribution in [3.63, 3.8) is 0 Å². The fourth-order valence-electron chi connectivity index (χ4n) is 4.58. The highest BCUT2D eigenvalue weighted by Crippen LogP contribution is 2.38. The summed E-state index contributed by atoms with van der Waals surface area (Å²) in [5, 5.41) is 0.715. The van der Waals surface area contributed by atoms with Gasteiger partial charge in [-0.2, -0.15) is 0 Å². The van der Waals surface area contributed by atoms with Gasteiger partial charge in [0.1, 0.15) is 0 Å². The quantitative estimate of drug-likeness (QED) is 0.837. The first-order chi connectivity index (χ1) is 13.4. The Balaban J connectivity index is 1.34. The predicted molar refractivity (Wildman–Crippen MR) is 115 cm³/mol. The van der Waals surface area contributed by atoms with Crippen LogP contribution in [0.15, 0.2) is 48.5 Å². The van der Waals surface area contributed by atoms with Gasteiger partial charge >= 0.3 is 0 Å². The smallest absolute Gasteiger partial charge is 0.226 e. The van der Waals surface area contributed by atoms with Crippen LogP contribution in [0.4, 0.5) is 5.69 Å². The number of amides is 1. The summed E-state index contributed by atoms with van der Waals surface area (Å²) in [4.78, 5) is 17.1. The van der Waals surface area contributed by atoms with Crippen LogP contribution in [0.2, 0.25) is 5.02 Å². The second-order valence-electron chi connectivity index (χ2n) is 8.41. The number of aryl methyl sites for hydroxylation is 1. The molecule has 2 fully saturated rings. The van der Waals surface area contributed by atoms with Crippen molar-refractivity contribution in [2.75, 3.05) is 31.1 Å². The fraction of sp³-hybridized carbons (Fsp3) is 0.435. The van der Waals surface area contributed by atoms with E-state index in [-0.39, 0.29) is 5.91 Å². The van der Waals surface area contributed by atoms with Crippen molar-refractivity contribution in [3.05, 3.63) is 64.7 Å². The second-order valence-corrected chi connectivity index (χ2v) is 8.84. The SMILES string of the molecule is Cc1ccc(N2CCC(N3CC(Cc4ccc(Cl)cc4)(C(N)=O)C3)CC2)cc1. The minimum Gasteiger partial charge on any atom is -0.371 e. The van der Waals surface area contributed by atoms with Gasteiger partial charge in [-0.05, 0) is 56.0 Å². The molecule has 2 aromatic rings. The average molecular weight is 398 g/mol. The number of carbonyl (C=O) groups is 1. The van der Waals surface area contributed by atoms with E-state index in [1.54, 1.807) is 0 Å². The van der Waals surface area contributed by atoms with E-state index in [1.807, 2.05) is 24.3 Å². The first kappa shape index (κ1) is 19.3. The molecule has 4 rings (SSSR count). The molecule has 0 aliphatic carbocycles. The normalized spacial score (nSPS) is 20.0. The Morgan fingerprint density at radius 2 is 1.68 bits per heavy atom. The maximum absolute atomic E-state index is 12.2. The molecular weight excluding hydrogens is 370 g/mol. The first-order valence-electron chi connectivity index (χ1n) is 10.1. The number of benzene rings is 2. The third kappa shape index (κ3) is 3.89. The summed E-state index contributed by atoms with van der Waals surface area (Å²) in [5.74, 6) is -0.184. The molecule has 4 nitrogen and oxygen atoms in total. The number of primary amides is 1. The third-order valence-electron chi connectivity index (χ3n) is 6.37. The molecule has 0 aromatic heterocycles. The molecule has 0 bridgehead atoms. The summed E-state index contributed by atoms with van der Waals surface area (Å²) in [6.45, 7) is 5.77. The van der Waals surface area contributed by atoms with E-state index in [9.17, 15) is 4.79 Å².